The highest BCUT2D eigenvalue weighted by Gasteiger charge is 2.19. The van der Waals surface area contributed by atoms with Crippen LogP contribution in [0.15, 0.2) is 109 Å². The van der Waals surface area contributed by atoms with Crippen molar-refractivity contribution in [2.24, 2.45) is 0 Å². The Morgan fingerprint density at radius 2 is 0.470 bits per heavy atom. The molecule has 476 valence electrons. The molecule has 0 saturated heterocycles. The van der Waals surface area contributed by atoms with E-state index in [9.17, 15) is 14.4 Å². The van der Waals surface area contributed by atoms with Crippen molar-refractivity contribution < 1.29 is 28.6 Å². The number of hydrogen-bond acceptors (Lipinski definition) is 6. The van der Waals surface area contributed by atoms with Gasteiger partial charge in [0.15, 0.2) is 6.10 Å². The Morgan fingerprint density at radius 1 is 0.253 bits per heavy atom. The fourth-order valence-corrected chi connectivity index (χ4v) is 9.99. The standard InChI is InChI=1S/C77H132O6/c1-4-7-10-13-16-19-22-25-28-30-32-34-36-38-40-42-44-46-49-52-55-58-61-64-67-70-76(79)82-73-74(72-81-75(78)69-66-63-60-57-54-51-48-27-24-21-18-15-12-9-6-3)83-77(80)71-68-65-62-59-56-53-50-47-45-43-41-39-37-35-33-31-29-26-23-20-17-14-11-8-5-2/h7,10,16,19,23,25-26,28,31-34,37-40,44,46,74H,4-6,8-9,11-15,17-18,20-22,24,27,29-30,35-36,41-43,45,47-73H2,1-3H3/b10-7-,19-16-,26-23-,28-25-,33-31-,34-32-,39-37-,40-38-,46-44-. The minimum Gasteiger partial charge on any atom is -0.462 e. The fraction of sp³-hybridized carbons (Fsp3) is 0.727. The Hall–Kier alpha value is -3.93. The van der Waals surface area contributed by atoms with E-state index in [-0.39, 0.29) is 31.1 Å². The summed E-state index contributed by atoms with van der Waals surface area (Å²) in [5.74, 6) is -0.887. The van der Waals surface area contributed by atoms with Gasteiger partial charge >= 0.3 is 17.9 Å². The first-order valence-corrected chi connectivity index (χ1v) is 35.4. The number of esters is 3. The molecule has 83 heavy (non-hydrogen) atoms. The first-order valence-electron chi connectivity index (χ1n) is 35.4. The molecular formula is C77H132O6. The van der Waals surface area contributed by atoms with Gasteiger partial charge in [-0.2, -0.15) is 0 Å². The minimum absolute atomic E-state index is 0.0822. The molecule has 0 aliphatic carbocycles. The van der Waals surface area contributed by atoms with Crippen molar-refractivity contribution >= 4 is 17.9 Å². The minimum atomic E-state index is -0.789. The Labute approximate surface area is 514 Å². The van der Waals surface area contributed by atoms with Crippen molar-refractivity contribution in [1.29, 1.82) is 0 Å². The number of unbranched alkanes of at least 4 members (excludes halogenated alkanes) is 35. The van der Waals surface area contributed by atoms with Crippen LogP contribution in [0, 0.1) is 0 Å². The van der Waals surface area contributed by atoms with Gasteiger partial charge in [0.05, 0.1) is 0 Å². The van der Waals surface area contributed by atoms with E-state index in [0.29, 0.717) is 19.3 Å². The number of hydrogen-bond donors (Lipinski definition) is 0. The molecule has 0 aliphatic heterocycles. The van der Waals surface area contributed by atoms with Crippen molar-refractivity contribution in [3.8, 4) is 0 Å². The maximum Gasteiger partial charge on any atom is 0.306 e. The second-order valence-electron chi connectivity index (χ2n) is 23.4. The molecule has 0 amide bonds. The molecule has 1 atom stereocenters. The second kappa shape index (κ2) is 70.6. The third kappa shape index (κ3) is 68.7. The largest absolute Gasteiger partial charge is 0.462 e. The number of carbonyl (C=O) groups excluding carboxylic acids is 3. The van der Waals surface area contributed by atoms with Gasteiger partial charge in [0.25, 0.3) is 0 Å². The summed E-state index contributed by atoms with van der Waals surface area (Å²) in [6.07, 6.45) is 96.7. The van der Waals surface area contributed by atoms with Crippen molar-refractivity contribution in [3.05, 3.63) is 109 Å². The first kappa shape index (κ1) is 79.1. The fourth-order valence-electron chi connectivity index (χ4n) is 9.99. The van der Waals surface area contributed by atoms with Crippen LogP contribution in [-0.2, 0) is 28.6 Å². The highest BCUT2D eigenvalue weighted by Crippen LogP contribution is 2.17. The SMILES string of the molecule is CC/C=C\C/C=C\C/C=C\C/C=C\C/C=C\C/C=C\CCCCCCCCC(=O)OCC(COC(=O)CCCCCCCCCCCCCCCCC)OC(=O)CCCCCCCCCCCC/C=C\C/C=C\C/C=C\CCCCCCC. The van der Waals surface area contributed by atoms with Crippen LogP contribution in [0.1, 0.15) is 342 Å². The van der Waals surface area contributed by atoms with Gasteiger partial charge in [0.2, 0.25) is 0 Å². The van der Waals surface area contributed by atoms with Gasteiger partial charge < -0.3 is 14.2 Å². The van der Waals surface area contributed by atoms with Gasteiger partial charge in [0, 0.05) is 19.3 Å². The average molecular weight is 1150 g/mol. The van der Waals surface area contributed by atoms with E-state index >= 15 is 0 Å². The van der Waals surface area contributed by atoms with Crippen LogP contribution in [-0.4, -0.2) is 37.2 Å². The number of rotatable bonds is 64. The van der Waals surface area contributed by atoms with Crippen molar-refractivity contribution in [2.75, 3.05) is 13.2 Å². The molecule has 0 radical (unpaired) electrons. The lowest BCUT2D eigenvalue weighted by Crippen LogP contribution is -2.30. The molecule has 0 aromatic heterocycles. The van der Waals surface area contributed by atoms with Gasteiger partial charge in [-0.15, -0.1) is 0 Å². The summed E-state index contributed by atoms with van der Waals surface area (Å²) in [5, 5.41) is 0. The highest BCUT2D eigenvalue weighted by atomic mass is 16.6. The zero-order chi connectivity index (χ0) is 59.9. The van der Waals surface area contributed by atoms with Crippen LogP contribution in [0.2, 0.25) is 0 Å². The van der Waals surface area contributed by atoms with Gasteiger partial charge in [-0.05, 0) is 109 Å². The maximum absolute atomic E-state index is 13.0. The second-order valence-corrected chi connectivity index (χ2v) is 23.4. The zero-order valence-corrected chi connectivity index (χ0v) is 54.7. The van der Waals surface area contributed by atoms with E-state index < -0.39 is 6.10 Å². The van der Waals surface area contributed by atoms with Crippen molar-refractivity contribution in [1.82, 2.24) is 0 Å². The summed E-state index contributed by atoms with van der Waals surface area (Å²) in [7, 11) is 0. The van der Waals surface area contributed by atoms with E-state index in [2.05, 4.69) is 130 Å². The van der Waals surface area contributed by atoms with Crippen LogP contribution in [0.25, 0.3) is 0 Å². The molecule has 1 unspecified atom stereocenters. The highest BCUT2D eigenvalue weighted by molar-refractivity contribution is 5.71. The molecule has 0 aromatic carbocycles. The Kier molecular flexibility index (Phi) is 67.2. The topological polar surface area (TPSA) is 78.9 Å². The maximum atomic E-state index is 13.0. The summed E-state index contributed by atoms with van der Waals surface area (Å²) in [4.78, 5) is 38.5. The Balaban J connectivity index is 4.38. The number of ether oxygens (including phenoxy) is 3. The summed E-state index contributed by atoms with van der Waals surface area (Å²) in [6, 6.07) is 0. The molecule has 0 aliphatic rings. The Morgan fingerprint density at radius 3 is 0.735 bits per heavy atom. The lowest BCUT2D eigenvalue weighted by Gasteiger charge is -2.18. The predicted molar refractivity (Wildman–Crippen MR) is 362 cm³/mol. The summed E-state index contributed by atoms with van der Waals surface area (Å²) in [6.45, 7) is 6.54. The van der Waals surface area contributed by atoms with E-state index in [1.807, 2.05) is 0 Å². The van der Waals surface area contributed by atoms with Gasteiger partial charge in [-0.3, -0.25) is 14.4 Å². The molecule has 0 fully saturated rings. The molecule has 0 aromatic rings. The molecule has 0 saturated carbocycles. The Bertz CT molecular complexity index is 1660. The van der Waals surface area contributed by atoms with Crippen molar-refractivity contribution in [3.63, 3.8) is 0 Å². The van der Waals surface area contributed by atoms with Crippen molar-refractivity contribution in [2.45, 2.75) is 348 Å². The van der Waals surface area contributed by atoms with Gasteiger partial charge in [0.1, 0.15) is 13.2 Å². The van der Waals surface area contributed by atoms with Crippen LogP contribution < -0.4 is 0 Å². The van der Waals surface area contributed by atoms with Crippen LogP contribution in [0.3, 0.4) is 0 Å². The molecular weight excluding hydrogens is 1020 g/mol. The normalized spacial score (nSPS) is 12.8. The summed E-state index contributed by atoms with van der Waals surface area (Å²) < 4.78 is 17.0. The quantitative estimate of drug-likeness (QED) is 0.0261. The number of carbonyl (C=O) groups is 3. The molecule has 6 nitrogen and oxygen atoms in total. The van der Waals surface area contributed by atoms with Gasteiger partial charge in [-0.1, -0.05) is 323 Å². The van der Waals surface area contributed by atoms with E-state index in [1.54, 1.807) is 0 Å². The average Bonchev–Trinajstić information content (AvgIpc) is 3.49. The van der Waals surface area contributed by atoms with Crippen LogP contribution in [0.5, 0.6) is 0 Å². The first-order chi connectivity index (χ1) is 41.0. The lowest BCUT2D eigenvalue weighted by atomic mass is 10.0. The van der Waals surface area contributed by atoms with E-state index in [4.69, 9.17) is 14.2 Å². The van der Waals surface area contributed by atoms with Gasteiger partial charge in [-0.25, -0.2) is 0 Å². The molecule has 0 N–H and O–H groups in total. The van der Waals surface area contributed by atoms with E-state index in [0.717, 1.165) is 122 Å². The smallest absolute Gasteiger partial charge is 0.306 e. The molecule has 0 rings (SSSR count). The molecule has 0 bridgehead atoms. The monoisotopic (exact) mass is 1150 g/mol. The van der Waals surface area contributed by atoms with E-state index in [1.165, 1.54) is 180 Å². The third-order valence-electron chi connectivity index (χ3n) is 15.3. The van der Waals surface area contributed by atoms with Crippen LogP contribution >= 0.6 is 0 Å². The molecule has 0 spiro atoms. The number of allylic oxidation sites excluding steroid dienone is 18. The summed E-state index contributed by atoms with van der Waals surface area (Å²) >= 11 is 0. The zero-order valence-electron chi connectivity index (χ0n) is 54.7. The summed E-state index contributed by atoms with van der Waals surface area (Å²) in [5.41, 5.74) is 0. The van der Waals surface area contributed by atoms with Crippen LogP contribution in [0.4, 0.5) is 0 Å². The molecule has 0 heterocycles. The third-order valence-corrected chi connectivity index (χ3v) is 15.3. The lowest BCUT2D eigenvalue weighted by molar-refractivity contribution is -0.167. The predicted octanol–water partition coefficient (Wildman–Crippen LogP) is 24.6. The molecule has 6 heteroatoms.